The van der Waals surface area contributed by atoms with E-state index in [1.165, 1.54) is 32.4 Å². The molecule has 1 nitrogen and oxygen atoms in total. The number of hydrogen-bond donors (Lipinski definition) is 0. The first-order chi connectivity index (χ1) is 5.42. The summed E-state index contributed by atoms with van der Waals surface area (Å²) >= 11 is 0. The van der Waals surface area contributed by atoms with Crippen LogP contribution < -0.4 is 0 Å². The van der Waals surface area contributed by atoms with Crippen LogP contribution in [-0.4, -0.2) is 24.0 Å². The fourth-order valence-electron chi connectivity index (χ4n) is 1.81. The van der Waals surface area contributed by atoms with Crippen LogP contribution in [0.2, 0.25) is 0 Å². The van der Waals surface area contributed by atoms with Gasteiger partial charge < -0.3 is 0 Å². The molecule has 1 heteroatoms. The number of hydrogen-bond acceptors (Lipinski definition) is 1. The van der Waals surface area contributed by atoms with Crippen molar-refractivity contribution in [2.75, 3.05) is 13.1 Å². The minimum atomic E-state index is 0.912. The molecule has 0 aromatic rings. The molecule has 1 saturated carbocycles. The van der Waals surface area contributed by atoms with Crippen molar-refractivity contribution in [2.45, 2.75) is 32.2 Å². The molecule has 0 spiro atoms. The molecule has 2 fully saturated rings. The van der Waals surface area contributed by atoms with Gasteiger partial charge in [0.1, 0.15) is 0 Å². The molecule has 1 heterocycles. The van der Waals surface area contributed by atoms with Crippen LogP contribution in [0.1, 0.15) is 26.2 Å². The number of nitrogens with zero attached hydrogens (tertiary/aromatic N) is 1. The quantitative estimate of drug-likeness (QED) is 0.558. The Morgan fingerprint density at radius 3 is 2.82 bits per heavy atom. The van der Waals surface area contributed by atoms with E-state index < -0.39 is 0 Å². The lowest BCUT2D eigenvalue weighted by atomic mass is 10.2. The average Bonchev–Trinajstić information content (AvgIpc) is 2.60. The summed E-state index contributed by atoms with van der Waals surface area (Å²) in [5.74, 6) is 0.912. The third kappa shape index (κ3) is 1.48. The minimum Gasteiger partial charge on any atom is -0.300 e. The highest BCUT2D eigenvalue weighted by atomic mass is 15.2. The topological polar surface area (TPSA) is 3.24 Å². The lowest BCUT2D eigenvalue weighted by molar-refractivity contribution is 0.166. The van der Waals surface area contributed by atoms with Gasteiger partial charge in [-0.3, -0.25) is 4.90 Å². The highest BCUT2D eigenvalue weighted by Crippen LogP contribution is 2.39. The van der Waals surface area contributed by atoms with E-state index in [-0.39, 0.29) is 0 Å². The summed E-state index contributed by atoms with van der Waals surface area (Å²) < 4.78 is 0. The van der Waals surface area contributed by atoms with E-state index in [0.717, 1.165) is 12.0 Å². The molecule has 2 aliphatic rings. The van der Waals surface area contributed by atoms with Gasteiger partial charge in [0.05, 0.1) is 0 Å². The Balaban J connectivity index is 1.72. The second-order valence-corrected chi connectivity index (χ2v) is 3.69. The molecule has 1 saturated heterocycles. The lowest BCUT2D eigenvalue weighted by Crippen LogP contribution is -2.39. The van der Waals surface area contributed by atoms with Crippen molar-refractivity contribution in [1.82, 2.24) is 4.90 Å². The zero-order chi connectivity index (χ0) is 7.68. The van der Waals surface area contributed by atoms with Crippen LogP contribution in [0.5, 0.6) is 0 Å². The smallest absolute Gasteiger partial charge is 0.0165 e. The zero-order valence-electron chi connectivity index (χ0n) is 7.29. The van der Waals surface area contributed by atoms with Crippen molar-refractivity contribution in [3.05, 3.63) is 12.2 Å². The maximum Gasteiger partial charge on any atom is 0.0165 e. The van der Waals surface area contributed by atoms with Crippen LogP contribution in [0.15, 0.2) is 12.2 Å². The Morgan fingerprint density at radius 2 is 2.27 bits per heavy atom. The van der Waals surface area contributed by atoms with Crippen LogP contribution in [0.4, 0.5) is 0 Å². The molecule has 0 N–H and O–H groups in total. The van der Waals surface area contributed by atoms with E-state index in [2.05, 4.69) is 24.0 Å². The third-order valence-corrected chi connectivity index (χ3v) is 2.78. The van der Waals surface area contributed by atoms with E-state index in [4.69, 9.17) is 0 Å². The van der Waals surface area contributed by atoms with Crippen molar-refractivity contribution in [3.63, 3.8) is 0 Å². The molecule has 0 bridgehead atoms. The van der Waals surface area contributed by atoms with Crippen LogP contribution in [0.25, 0.3) is 0 Å². The monoisotopic (exact) mass is 151 g/mol. The van der Waals surface area contributed by atoms with Gasteiger partial charge in [0.25, 0.3) is 0 Å². The molecule has 11 heavy (non-hydrogen) atoms. The van der Waals surface area contributed by atoms with Crippen molar-refractivity contribution in [1.29, 1.82) is 0 Å². The highest BCUT2D eigenvalue weighted by molar-refractivity contribution is 5.08. The van der Waals surface area contributed by atoms with Crippen LogP contribution >= 0.6 is 0 Å². The molecule has 0 aromatic carbocycles. The zero-order valence-corrected chi connectivity index (χ0v) is 7.29. The lowest BCUT2D eigenvalue weighted by Gasteiger charge is -2.31. The van der Waals surface area contributed by atoms with Crippen LogP contribution in [-0.2, 0) is 0 Å². The maximum absolute atomic E-state index is 2.62. The summed E-state index contributed by atoms with van der Waals surface area (Å²) in [4.78, 5) is 2.62. The molecule has 1 aliphatic heterocycles. The molecule has 1 aliphatic carbocycles. The van der Waals surface area contributed by atoms with Gasteiger partial charge in [0, 0.05) is 6.04 Å². The molecule has 2 atom stereocenters. The van der Waals surface area contributed by atoms with Crippen molar-refractivity contribution < 1.29 is 0 Å². The number of likely N-dealkylation sites (tertiary alicyclic amines) is 1. The van der Waals surface area contributed by atoms with Gasteiger partial charge in [-0.2, -0.15) is 0 Å². The summed E-state index contributed by atoms with van der Waals surface area (Å²) in [5, 5.41) is 0. The minimum absolute atomic E-state index is 0.912. The Labute approximate surface area is 69.1 Å². The Morgan fingerprint density at radius 1 is 1.45 bits per heavy atom. The van der Waals surface area contributed by atoms with Crippen molar-refractivity contribution in [2.24, 2.45) is 5.92 Å². The summed E-state index contributed by atoms with van der Waals surface area (Å²) in [6.07, 6.45) is 8.77. The van der Waals surface area contributed by atoms with E-state index in [1.54, 1.807) is 0 Å². The summed E-state index contributed by atoms with van der Waals surface area (Å²) in [5.41, 5.74) is 0. The van der Waals surface area contributed by atoms with E-state index in [1.807, 2.05) is 0 Å². The second-order valence-electron chi connectivity index (χ2n) is 3.69. The number of allylic oxidation sites excluding steroid dienone is 1. The third-order valence-electron chi connectivity index (χ3n) is 2.78. The van der Waals surface area contributed by atoms with E-state index in [0.29, 0.717) is 0 Å². The van der Waals surface area contributed by atoms with Gasteiger partial charge >= 0.3 is 0 Å². The Bertz CT molecular complexity index is 158. The predicted molar refractivity (Wildman–Crippen MR) is 47.5 cm³/mol. The summed E-state index contributed by atoms with van der Waals surface area (Å²) in [7, 11) is 0. The van der Waals surface area contributed by atoms with Gasteiger partial charge in [-0.1, -0.05) is 19.1 Å². The van der Waals surface area contributed by atoms with Crippen LogP contribution in [0, 0.1) is 5.92 Å². The standard InChI is InChI=1S/C10H17N/c1-2-3-5-9-8-10(9)11-6-4-7-11/h3,5,9-10H,2,4,6-8H2,1H3/b5-3+. The van der Waals surface area contributed by atoms with Crippen molar-refractivity contribution >= 4 is 0 Å². The van der Waals surface area contributed by atoms with Gasteiger partial charge in [-0.05, 0) is 38.3 Å². The Hall–Kier alpha value is -0.300. The maximum atomic E-state index is 2.62. The van der Waals surface area contributed by atoms with Crippen molar-refractivity contribution in [3.8, 4) is 0 Å². The SMILES string of the molecule is CC/C=C/C1CC1N1CCC1. The predicted octanol–water partition coefficient (Wildman–Crippen LogP) is 2.05. The van der Waals surface area contributed by atoms with Gasteiger partial charge in [0.2, 0.25) is 0 Å². The number of rotatable bonds is 3. The van der Waals surface area contributed by atoms with Gasteiger partial charge in [-0.15, -0.1) is 0 Å². The molecule has 0 amide bonds. The normalized spacial score (nSPS) is 37.5. The summed E-state index contributed by atoms with van der Waals surface area (Å²) in [6.45, 7) is 4.93. The molecular formula is C10H17N. The molecule has 62 valence electrons. The first kappa shape index (κ1) is 7.35. The fraction of sp³-hybridized carbons (Fsp3) is 0.800. The van der Waals surface area contributed by atoms with Gasteiger partial charge in [0.15, 0.2) is 0 Å². The first-order valence-corrected chi connectivity index (χ1v) is 4.82. The van der Waals surface area contributed by atoms with Crippen LogP contribution in [0.3, 0.4) is 0 Å². The average molecular weight is 151 g/mol. The highest BCUT2D eigenvalue weighted by Gasteiger charge is 2.41. The largest absolute Gasteiger partial charge is 0.300 e. The fourth-order valence-corrected chi connectivity index (χ4v) is 1.81. The second kappa shape index (κ2) is 2.98. The molecule has 0 aromatic heterocycles. The first-order valence-electron chi connectivity index (χ1n) is 4.82. The van der Waals surface area contributed by atoms with E-state index in [9.17, 15) is 0 Å². The van der Waals surface area contributed by atoms with Gasteiger partial charge in [-0.25, -0.2) is 0 Å². The molecule has 2 unspecified atom stereocenters. The van der Waals surface area contributed by atoms with E-state index >= 15 is 0 Å². The Kier molecular flexibility index (Phi) is 1.99. The molecule has 2 rings (SSSR count). The molecule has 0 radical (unpaired) electrons. The molecular weight excluding hydrogens is 134 g/mol. The summed E-state index contributed by atoms with van der Waals surface area (Å²) in [6, 6.07) is 0.937.